The summed E-state index contributed by atoms with van der Waals surface area (Å²) in [4.78, 5) is 23.1. The van der Waals surface area contributed by atoms with Gasteiger partial charge in [-0.1, -0.05) is 0 Å². The first-order valence-electron chi connectivity index (χ1n) is 5.56. The first-order valence-corrected chi connectivity index (χ1v) is 5.56. The number of carbonyl (C=O) groups is 1. The Hall–Kier alpha value is -1.91. The number of hydrogen-bond donors (Lipinski definition) is 0. The molecule has 0 heterocycles. The summed E-state index contributed by atoms with van der Waals surface area (Å²) in [6.45, 7) is 0.901. The molecule has 17 heavy (non-hydrogen) atoms. The number of benzene rings is 1. The first kappa shape index (κ1) is 11.6. The zero-order valence-corrected chi connectivity index (χ0v) is 9.63. The van der Waals surface area contributed by atoms with E-state index in [1.54, 1.807) is 6.07 Å². The lowest BCUT2D eigenvalue weighted by Gasteiger charge is -2.20. The summed E-state index contributed by atoms with van der Waals surface area (Å²) in [5.74, 6) is 0.703. The summed E-state index contributed by atoms with van der Waals surface area (Å²) < 4.78 is 0. The topological polar surface area (TPSA) is 63.4 Å². The second kappa shape index (κ2) is 4.53. The van der Waals surface area contributed by atoms with Gasteiger partial charge >= 0.3 is 0 Å². The lowest BCUT2D eigenvalue weighted by molar-refractivity contribution is -0.384. The predicted molar refractivity (Wildman–Crippen MR) is 64.5 cm³/mol. The van der Waals surface area contributed by atoms with Gasteiger partial charge in [-0.25, -0.2) is 0 Å². The molecule has 1 aliphatic carbocycles. The molecule has 5 nitrogen and oxygen atoms in total. The smallest absolute Gasteiger partial charge is 0.270 e. The molecule has 0 unspecified atom stereocenters. The average Bonchev–Trinajstić information content (AvgIpc) is 3.11. The van der Waals surface area contributed by atoms with Crippen molar-refractivity contribution in [3.8, 4) is 0 Å². The van der Waals surface area contributed by atoms with Crippen LogP contribution in [0.1, 0.15) is 23.2 Å². The minimum absolute atomic E-state index is 0.0457. The fraction of sp³-hybridized carbons (Fsp3) is 0.417. The van der Waals surface area contributed by atoms with Crippen LogP contribution in [0, 0.1) is 16.0 Å². The van der Waals surface area contributed by atoms with E-state index in [1.807, 2.05) is 11.9 Å². The molecule has 1 aliphatic rings. The van der Waals surface area contributed by atoms with Crippen LogP contribution in [0.3, 0.4) is 0 Å². The van der Waals surface area contributed by atoms with Crippen LogP contribution in [0.5, 0.6) is 0 Å². The third kappa shape index (κ3) is 2.61. The quantitative estimate of drug-likeness (QED) is 0.445. The van der Waals surface area contributed by atoms with Gasteiger partial charge in [-0.05, 0) is 24.8 Å². The Morgan fingerprint density at radius 1 is 1.53 bits per heavy atom. The number of nitro benzene ring substituents is 1. The van der Waals surface area contributed by atoms with Crippen LogP contribution in [0.4, 0.5) is 11.4 Å². The van der Waals surface area contributed by atoms with Gasteiger partial charge in [0.1, 0.15) is 0 Å². The molecule has 0 bridgehead atoms. The highest BCUT2D eigenvalue weighted by Crippen LogP contribution is 2.32. The van der Waals surface area contributed by atoms with Gasteiger partial charge in [-0.15, -0.1) is 0 Å². The Kier molecular flexibility index (Phi) is 3.08. The van der Waals surface area contributed by atoms with E-state index in [1.165, 1.54) is 25.0 Å². The standard InChI is InChI=1S/C12H14N2O3/c1-13(7-9-2-3-9)12-5-4-11(14(16)17)6-10(12)8-15/h4-6,8-9H,2-3,7H2,1H3. The maximum atomic E-state index is 11.0. The van der Waals surface area contributed by atoms with E-state index in [-0.39, 0.29) is 5.69 Å². The summed E-state index contributed by atoms with van der Waals surface area (Å²) in [6, 6.07) is 4.40. The number of anilines is 1. The van der Waals surface area contributed by atoms with Crippen molar-refractivity contribution in [2.75, 3.05) is 18.5 Å². The Labute approximate surface area is 99.2 Å². The Balaban J connectivity index is 2.25. The largest absolute Gasteiger partial charge is 0.374 e. The fourth-order valence-electron chi connectivity index (χ4n) is 1.88. The van der Waals surface area contributed by atoms with Crippen molar-refractivity contribution in [2.45, 2.75) is 12.8 Å². The molecule has 0 spiro atoms. The number of aldehydes is 1. The van der Waals surface area contributed by atoms with Crippen LogP contribution in [-0.2, 0) is 0 Å². The van der Waals surface area contributed by atoms with Gasteiger partial charge in [0, 0.05) is 37.0 Å². The molecular formula is C12H14N2O3. The summed E-state index contributed by atoms with van der Waals surface area (Å²) in [5.41, 5.74) is 1.09. The van der Waals surface area contributed by atoms with Gasteiger partial charge in [-0.3, -0.25) is 14.9 Å². The van der Waals surface area contributed by atoms with Crippen molar-refractivity contribution in [3.05, 3.63) is 33.9 Å². The van der Waals surface area contributed by atoms with E-state index >= 15 is 0 Å². The molecule has 1 saturated carbocycles. The SMILES string of the molecule is CN(CC1CC1)c1ccc([N+](=O)[O-])cc1C=O. The van der Waals surface area contributed by atoms with E-state index in [9.17, 15) is 14.9 Å². The molecule has 1 aromatic rings. The maximum absolute atomic E-state index is 11.0. The molecule has 1 fully saturated rings. The zero-order chi connectivity index (χ0) is 12.4. The van der Waals surface area contributed by atoms with Gasteiger partial charge in [0.15, 0.2) is 6.29 Å². The van der Waals surface area contributed by atoms with Crippen LogP contribution in [-0.4, -0.2) is 24.8 Å². The Morgan fingerprint density at radius 3 is 2.76 bits per heavy atom. The molecule has 0 radical (unpaired) electrons. The highest BCUT2D eigenvalue weighted by Gasteiger charge is 2.24. The Bertz CT molecular complexity index is 455. The molecule has 0 amide bonds. The van der Waals surface area contributed by atoms with Gasteiger partial charge in [-0.2, -0.15) is 0 Å². The maximum Gasteiger partial charge on any atom is 0.270 e. The highest BCUT2D eigenvalue weighted by atomic mass is 16.6. The molecule has 90 valence electrons. The lowest BCUT2D eigenvalue weighted by Crippen LogP contribution is -2.21. The summed E-state index contributed by atoms with van der Waals surface area (Å²) >= 11 is 0. The number of nitro groups is 1. The zero-order valence-electron chi connectivity index (χ0n) is 9.63. The van der Waals surface area contributed by atoms with Gasteiger partial charge in [0.25, 0.3) is 5.69 Å². The minimum Gasteiger partial charge on any atom is -0.374 e. The number of nitrogens with zero attached hydrogens (tertiary/aromatic N) is 2. The lowest BCUT2D eigenvalue weighted by atomic mass is 10.1. The molecule has 1 aromatic carbocycles. The van der Waals surface area contributed by atoms with Crippen molar-refractivity contribution in [3.63, 3.8) is 0 Å². The van der Waals surface area contributed by atoms with E-state index < -0.39 is 4.92 Å². The molecule has 2 rings (SSSR count). The second-order valence-corrected chi connectivity index (χ2v) is 4.44. The van der Waals surface area contributed by atoms with Crippen molar-refractivity contribution < 1.29 is 9.72 Å². The van der Waals surface area contributed by atoms with Gasteiger partial charge in [0.05, 0.1) is 4.92 Å². The Morgan fingerprint density at radius 2 is 2.24 bits per heavy atom. The normalized spacial score (nSPS) is 14.4. The molecule has 5 heteroatoms. The van der Waals surface area contributed by atoms with Gasteiger partial charge < -0.3 is 4.90 Å². The van der Waals surface area contributed by atoms with E-state index in [0.29, 0.717) is 17.8 Å². The van der Waals surface area contributed by atoms with Gasteiger partial charge in [0.2, 0.25) is 0 Å². The second-order valence-electron chi connectivity index (χ2n) is 4.44. The predicted octanol–water partition coefficient (Wildman–Crippen LogP) is 2.25. The van der Waals surface area contributed by atoms with Crippen molar-refractivity contribution in [2.24, 2.45) is 5.92 Å². The van der Waals surface area contributed by atoms with Crippen LogP contribution in [0.15, 0.2) is 18.2 Å². The molecular weight excluding hydrogens is 220 g/mol. The molecule has 0 N–H and O–H groups in total. The molecule has 0 atom stereocenters. The van der Waals surface area contributed by atoms with Crippen LogP contribution in [0.25, 0.3) is 0 Å². The van der Waals surface area contributed by atoms with Crippen molar-refractivity contribution in [1.29, 1.82) is 0 Å². The summed E-state index contributed by atoms with van der Waals surface area (Å²) in [7, 11) is 1.91. The number of rotatable bonds is 5. The number of non-ortho nitro benzene ring substituents is 1. The molecule has 0 saturated heterocycles. The number of hydrogen-bond acceptors (Lipinski definition) is 4. The molecule has 0 aliphatic heterocycles. The number of carbonyl (C=O) groups excluding carboxylic acids is 1. The van der Waals surface area contributed by atoms with Crippen molar-refractivity contribution >= 4 is 17.7 Å². The summed E-state index contributed by atoms with van der Waals surface area (Å²) in [5, 5.41) is 10.6. The van der Waals surface area contributed by atoms with E-state index in [2.05, 4.69) is 0 Å². The van der Waals surface area contributed by atoms with Crippen LogP contribution >= 0.6 is 0 Å². The third-order valence-corrected chi connectivity index (χ3v) is 2.99. The summed E-state index contributed by atoms with van der Waals surface area (Å²) in [6.07, 6.45) is 3.13. The van der Waals surface area contributed by atoms with Crippen molar-refractivity contribution in [1.82, 2.24) is 0 Å². The highest BCUT2D eigenvalue weighted by molar-refractivity contribution is 5.85. The van der Waals surface area contributed by atoms with E-state index in [4.69, 9.17) is 0 Å². The fourth-order valence-corrected chi connectivity index (χ4v) is 1.88. The average molecular weight is 234 g/mol. The minimum atomic E-state index is -0.488. The monoisotopic (exact) mass is 234 g/mol. The van der Waals surface area contributed by atoms with E-state index in [0.717, 1.165) is 12.2 Å². The molecule has 0 aromatic heterocycles. The van der Waals surface area contributed by atoms with Crippen LogP contribution < -0.4 is 4.90 Å². The van der Waals surface area contributed by atoms with Crippen LogP contribution in [0.2, 0.25) is 0 Å². The third-order valence-electron chi connectivity index (χ3n) is 2.99. The first-order chi connectivity index (χ1) is 8.11.